The first-order chi connectivity index (χ1) is 18.1. The van der Waals surface area contributed by atoms with Gasteiger partial charge in [0.15, 0.2) is 11.5 Å². The van der Waals surface area contributed by atoms with Crippen LogP contribution < -0.4 is 9.47 Å². The highest BCUT2D eigenvalue weighted by molar-refractivity contribution is 5.47. The maximum Gasteiger partial charge on any atom is 0.227 e. The number of nitrogens with zero attached hydrogens (tertiary/aromatic N) is 3. The highest BCUT2D eigenvalue weighted by atomic mass is 16.5. The van der Waals surface area contributed by atoms with Crippen LogP contribution in [-0.2, 0) is 16.0 Å². The Morgan fingerprint density at radius 2 is 1.95 bits per heavy atom. The maximum atomic E-state index is 10.7. The lowest BCUT2D eigenvalue weighted by Gasteiger charge is -2.27. The van der Waals surface area contributed by atoms with Crippen molar-refractivity contribution in [2.24, 2.45) is 0 Å². The summed E-state index contributed by atoms with van der Waals surface area (Å²) in [5.41, 5.74) is 2.64. The van der Waals surface area contributed by atoms with E-state index in [4.69, 9.17) is 30.5 Å². The number of hydrogen-bond acceptors (Lipinski definition) is 7. The van der Waals surface area contributed by atoms with Gasteiger partial charge in [-0.3, -0.25) is 4.90 Å². The van der Waals surface area contributed by atoms with Crippen LogP contribution in [0.4, 0.5) is 0 Å². The van der Waals surface area contributed by atoms with Crippen LogP contribution >= 0.6 is 0 Å². The van der Waals surface area contributed by atoms with Crippen molar-refractivity contribution in [1.82, 2.24) is 14.7 Å². The molecule has 1 aromatic heterocycles. The number of aryl methyl sites for hydroxylation is 1. The number of terminal acetylenes is 1. The average Bonchev–Trinajstić information content (AvgIpc) is 3.53. The molecule has 2 atom stereocenters. The highest BCUT2D eigenvalue weighted by Crippen LogP contribution is 2.36. The first-order valence-electron chi connectivity index (χ1n) is 12.6. The third-order valence-corrected chi connectivity index (χ3v) is 6.25. The summed E-state index contributed by atoms with van der Waals surface area (Å²) in [6, 6.07) is 17.4. The summed E-state index contributed by atoms with van der Waals surface area (Å²) in [5, 5.41) is 15.5. The van der Waals surface area contributed by atoms with Crippen molar-refractivity contribution >= 4 is 0 Å². The summed E-state index contributed by atoms with van der Waals surface area (Å²) in [6.45, 7) is 4.65. The number of aromatic nitrogens is 2. The van der Waals surface area contributed by atoms with Crippen LogP contribution in [0.15, 0.2) is 54.6 Å². The molecule has 0 spiro atoms. The minimum absolute atomic E-state index is 0.113. The molecule has 1 saturated heterocycles. The molecule has 2 heterocycles. The molecule has 0 aliphatic carbocycles. The van der Waals surface area contributed by atoms with Gasteiger partial charge in [-0.25, -0.2) is 4.68 Å². The second-order valence-corrected chi connectivity index (χ2v) is 9.07. The monoisotopic (exact) mass is 505 g/mol. The van der Waals surface area contributed by atoms with Crippen LogP contribution in [0.3, 0.4) is 0 Å². The summed E-state index contributed by atoms with van der Waals surface area (Å²) in [4.78, 5) is 2.17. The van der Waals surface area contributed by atoms with Gasteiger partial charge in [-0.15, -0.1) is 6.42 Å². The molecule has 1 N–H and O–H groups in total. The first kappa shape index (κ1) is 26.7. The molecule has 8 nitrogen and oxygen atoms in total. The number of hydrogen-bond donors (Lipinski definition) is 1. The molecule has 196 valence electrons. The standard InChI is InChI=1S/C29H35N3O5/c1-4-16-35-21-24(33)18-31(19-25-13-10-17-36-25)20-26-22(2)30-32(23-11-6-5-7-12-23)29(26)37-28-15-9-8-14-27(28)34-3/h1,5-9,11-12,14-15,24-25,33H,10,13,16-21H2,2-3H3/t24-,25-/m1/s1. The minimum atomic E-state index is -0.696. The first-order valence-corrected chi connectivity index (χ1v) is 12.6. The second kappa shape index (κ2) is 13.3. The van der Waals surface area contributed by atoms with E-state index < -0.39 is 6.10 Å². The molecule has 37 heavy (non-hydrogen) atoms. The Hall–Kier alpha value is -3.35. The minimum Gasteiger partial charge on any atom is -0.493 e. The van der Waals surface area contributed by atoms with Crippen LogP contribution in [0.1, 0.15) is 24.1 Å². The summed E-state index contributed by atoms with van der Waals surface area (Å²) in [6.07, 6.45) is 6.73. The van der Waals surface area contributed by atoms with Crippen molar-refractivity contribution in [3.05, 3.63) is 65.9 Å². The number of methoxy groups -OCH3 is 1. The van der Waals surface area contributed by atoms with E-state index in [1.54, 1.807) is 7.11 Å². The predicted octanol–water partition coefficient (Wildman–Crippen LogP) is 3.97. The average molecular weight is 506 g/mol. The molecule has 8 heteroatoms. The van der Waals surface area contributed by atoms with Gasteiger partial charge in [0.2, 0.25) is 5.88 Å². The number of benzene rings is 2. The van der Waals surface area contributed by atoms with Crippen molar-refractivity contribution in [2.75, 3.05) is 40.0 Å². The smallest absolute Gasteiger partial charge is 0.227 e. The van der Waals surface area contributed by atoms with E-state index >= 15 is 0 Å². The second-order valence-electron chi connectivity index (χ2n) is 9.07. The van der Waals surface area contributed by atoms with Crippen LogP contribution in [0.5, 0.6) is 17.4 Å². The van der Waals surface area contributed by atoms with E-state index in [0.717, 1.165) is 36.4 Å². The van der Waals surface area contributed by atoms with Gasteiger partial charge in [0.25, 0.3) is 0 Å². The third-order valence-electron chi connectivity index (χ3n) is 6.25. The molecule has 0 amide bonds. The number of ether oxygens (including phenoxy) is 4. The number of rotatable bonds is 13. The molecular weight excluding hydrogens is 470 g/mol. The van der Waals surface area contributed by atoms with Gasteiger partial charge in [-0.2, -0.15) is 5.10 Å². The molecule has 1 fully saturated rings. The Bertz CT molecular complexity index is 1170. The van der Waals surface area contributed by atoms with E-state index in [0.29, 0.717) is 37.0 Å². The lowest BCUT2D eigenvalue weighted by molar-refractivity contribution is 0.00935. The topological polar surface area (TPSA) is 78.2 Å². The van der Waals surface area contributed by atoms with E-state index in [1.165, 1.54) is 0 Å². The number of para-hydroxylation sites is 3. The van der Waals surface area contributed by atoms with Gasteiger partial charge in [0.1, 0.15) is 6.61 Å². The fourth-order valence-electron chi connectivity index (χ4n) is 4.48. The van der Waals surface area contributed by atoms with E-state index in [1.807, 2.05) is 66.2 Å². The molecule has 4 rings (SSSR count). The predicted molar refractivity (Wildman–Crippen MR) is 141 cm³/mol. The zero-order valence-electron chi connectivity index (χ0n) is 21.5. The molecule has 0 radical (unpaired) electrons. The van der Waals surface area contributed by atoms with Gasteiger partial charge in [0, 0.05) is 26.2 Å². The Morgan fingerprint density at radius 1 is 1.19 bits per heavy atom. The van der Waals surface area contributed by atoms with Crippen molar-refractivity contribution in [3.8, 4) is 35.4 Å². The van der Waals surface area contributed by atoms with Gasteiger partial charge < -0.3 is 24.1 Å². The van der Waals surface area contributed by atoms with Crippen molar-refractivity contribution in [1.29, 1.82) is 0 Å². The van der Waals surface area contributed by atoms with Crippen LogP contribution in [0.25, 0.3) is 5.69 Å². The van der Waals surface area contributed by atoms with E-state index in [9.17, 15) is 5.11 Å². The van der Waals surface area contributed by atoms with Gasteiger partial charge in [0.05, 0.1) is 42.9 Å². The maximum absolute atomic E-state index is 10.7. The Morgan fingerprint density at radius 3 is 2.65 bits per heavy atom. The van der Waals surface area contributed by atoms with E-state index in [2.05, 4.69) is 10.8 Å². The zero-order chi connectivity index (χ0) is 26.0. The van der Waals surface area contributed by atoms with Crippen molar-refractivity contribution in [3.63, 3.8) is 0 Å². The number of aliphatic hydroxyl groups excluding tert-OH is 1. The quantitative estimate of drug-likeness (QED) is 0.278. The van der Waals surface area contributed by atoms with Gasteiger partial charge in [-0.05, 0) is 44.0 Å². The Balaban J connectivity index is 1.66. The van der Waals surface area contributed by atoms with Crippen molar-refractivity contribution in [2.45, 2.75) is 38.5 Å². The Labute approximate surface area is 218 Å². The van der Waals surface area contributed by atoms with Crippen LogP contribution in [-0.4, -0.2) is 72.0 Å². The van der Waals surface area contributed by atoms with E-state index in [-0.39, 0.29) is 19.3 Å². The summed E-state index contributed by atoms with van der Waals surface area (Å²) in [5.74, 6) is 4.26. The fourth-order valence-corrected chi connectivity index (χ4v) is 4.48. The molecule has 2 aromatic carbocycles. The zero-order valence-corrected chi connectivity index (χ0v) is 21.5. The number of aliphatic hydroxyl groups is 1. The molecule has 3 aromatic rings. The molecule has 1 aliphatic rings. The third kappa shape index (κ3) is 7.12. The largest absolute Gasteiger partial charge is 0.493 e. The summed E-state index contributed by atoms with van der Waals surface area (Å²) < 4.78 is 25.1. The lowest BCUT2D eigenvalue weighted by Crippen LogP contribution is -2.39. The molecule has 1 aliphatic heterocycles. The van der Waals surface area contributed by atoms with Crippen LogP contribution in [0.2, 0.25) is 0 Å². The SMILES string of the molecule is C#CCOC[C@H](O)CN(Cc1c(C)nn(-c2ccccc2)c1Oc1ccccc1OC)C[C@H]1CCCO1. The lowest BCUT2D eigenvalue weighted by atomic mass is 10.1. The summed E-state index contributed by atoms with van der Waals surface area (Å²) >= 11 is 0. The highest BCUT2D eigenvalue weighted by Gasteiger charge is 2.26. The summed E-state index contributed by atoms with van der Waals surface area (Å²) in [7, 11) is 1.62. The normalized spacial score (nSPS) is 16.0. The Kier molecular flexibility index (Phi) is 9.58. The fraction of sp³-hybridized carbons (Fsp3) is 0.414. The van der Waals surface area contributed by atoms with Crippen molar-refractivity contribution < 1.29 is 24.1 Å². The van der Waals surface area contributed by atoms with Gasteiger partial charge >= 0.3 is 0 Å². The van der Waals surface area contributed by atoms with Gasteiger partial charge in [-0.1, -0.05) is 36.3 Å². The molecule has 0 bridgehead atoms. The van der Waals surface area contributed by atoms with Crippen LogP contribution in [0, 0.1) is 19.3 Å². The molecular formula is C29H35N3O5. The molecule has 0 saturated carbocycles. The molecule has 0 unspecified atom stereocenters.